The Kier molecular flexibility index (Phi) is 5.13. The van der Waals surface area contributed by atoms with E-state index in [1.165, 1.54) is 18.4 Å². The number of fused-ring (bicyclic) bond motifs is 1. The normalized spacial score (nSPS) is 26.2. The Bertz CT molecular complexity index is 593. The van der Waals surface area contributed by atoms with Crippen LogP contribution in [0, 0.1) is 24.2 Å². The molecule has 1 N–H and O–H groups in total. The Labute approximate surface area is 144 Å². The van der Waals surface area contributed by atoms with Crippen LogP contribution < -0.4 is 0 Å². The Hall–Kier alpha value is -1.17. The van der Waals surface area contributed by atoms with Gasteiger partial charge in [0.1, 0.15) is 5.76 Å². The second kappa shape index (κ2) is 6.98. The molecule has 24 heavy (non-hydrogen) atoms. The molecule has 1 saturated carbocycles. The largest absolute Gasteiger partial charge is 0.389 e. The molecule has 3 unspecified atom stereocenters. The van der Waals surface area contributed by atoms with Crippen LogP contribution in [-0.2, 0) is 11.3 Å². The van der Waals surface area contributed by atoms with E-state index in [0.29, 0.717) is 37.6 Å². The predicted molar refractivity (Wildman–Crippen MR) is 92.5 cm³/mol. The molecule has 4 rings (SSSR count). The molecule has 1 aromatic heterocycles. The number of allylic oxidation sites excluding steroid dienone is 1. The van der Waals surface area contributed by atoms with Crippen LogP contribution in [0.25, 0.3) is 0 Å². The smallest absolute Gasteiger partial charge is 0.133 e. The van der Waals surface area contributed by atoms with E-state index in [9.17, 15) is 5.11 Å². The third-order valence-electron chi connectivity index (χ3n) is 5.79. The van der Waals surface area contributed by atoms with Crippen LogP contribution >= 0.6 is 0 Å². The summed E-state index contributed by atoms with van der Waals surface area (Å²) in [6.45, 7) is 8.87. The SMILES string of the molecule is Cc1cc(CN(C)CC(O)COCC2=CCC3CC2C3(C)C)no1. The van der Waals surface area contributed by atoms with Crippen molar-refractivity contribution in [3.63, 3.8) is 0 Å². The summed E-state index contributed by atoms with van der Waals surface area (Å²) < 4.78 is 10.9. The summed E-state index contributed by atoms with van der Waals surface area (Å²) >= 11 is 0. The van der Waals surface area contributed by atoms with E-state index in [4.69, 9.17) is 9.26 Å². The van der Waals surface area contributed by atoms with Crippen molar-refractivity contribution in [2.45, 2.75) is 46.3 Å². The summed E-state index contributed by atoms with van der Waals surface area (Å²) in [5.74, 6) is 2.33. The highest BCUT2D eigenvalue weighted by molar-refractivity contribution is 5.23. The molecule has 134 valence electrons. The minimum atomic E-state index is -0.491. The maximum absolute atomic E-state index is 10.2. The lowest BCUT2D eigenvalue weighted by Crippen LogP contribution is -2.48. The lowest BCUT2D eigenvalue weighted by molar-refractivity contribution is -0.0257. The quantitative estimate of drug-likeness (QED) is 0.741. The molecule has 5 heteroatoms. The van der Waals surface area contributed by atoms with E-state index in [1.807, 2.05) is 24.9 Å². The van der Waals surface area contributed by atoms with Crippen LogP contribution in [-0.4, -0.2) is 48.1 Å². The molecule has 0 amide bonds. The van der Waals surface area contributed by atoms with Crippen LogP contribution in [0.15, 0.2) is 22.2 Å². The number of hydrogen-bond acceptors (Lipinski definition) is 5. The first-order valence-electron chi connectivity index (χ1n) is 8.91. The second-order valence-corrected chi connectivity index (χ2v) is 8.12. The third kappa shape index (κ3) is 3.73. The summed E-state index contributed by atoms with van der Waals surface area (Å²) in [6.07, 6.45) is 4.36. The van der Waals surface area contributed by atoms with Crippen LogP contribution in [0.3, 0.4) is 0 Å². The summed E-state index contributed by atoms with van der Waals surface area (Å²) in [4.78, 5) is 2.03. The number of aryl methyl sites for hydroxylation is 1. The first-order valence-corrected chi connectivity index (χ1v) is 8.91. The molecule has 0 radical (unpaired) electrons. The van der Waals surface area contributed by atoms with Crippen LogP contribution in [0.5, 0.6) is 0 Å². The monoisotopic (exact) mass is 334 g/mol. The van der Waals surface area contributed by atoms with Gasteiger partial charge in [0.05, 0.1) is 25.0 Å². The molecule has 0 saturated heterocycles. The van der Waals surface area contributed by atoms with E-state index in [0.717, 1.165) is 17.4 Å². The molecule has 1 aromatic rings. The molecule has 5 nitrogen and oxygen atoms in total. The third-order valence-corrected chi connectivity index (χ3v) is 5.79. The molecule has 1 heterocycles. The minimum Gasteiger partial charge on any atom is -0.389 e. The molecule has 3 aliphatic rings. The van der Waals surface area contributed by atoms with Crippen molar-refractivity contribution in [2.75, 3.05) is 26.8 Å². The Morgan fingerprint density at radius 2 is 2.29 bits per heavy atom. The van der Waals surface area contributed by atoms with Gasteiger partial charge in [0.2, 0.25) is 0 Å². The zero-order chi connectivity index (χ0) is 17.3. The Morgan fingerprint density at radius 1 is 1.50 bits per heavy atom. The lowest BCUT2D eigenvalue weighted by atomic mass is 9.49. The van der Waals surface area contributed by atoms with Crippen molar-refractivity contribution in [3.8, 4) is 0 Å². The fourth-order valence-corrected chi connectivity index (χ4v) is 4.20. The number of ether oxygens (including phenoxy) is 1. The van der Waals surface area contributed by atoms with E-state index < -0.39 is 6.10 Å². The standard InChI is InChI=1S/C19H30N2O3/c1-13-7-16(20-24-13)9-21(4)10-17(22)12-23-11-14-5-6-15-8-18(14)19(15,2)3/h5,7,15,17-18,22H,6,8-12H2,1-4H3. The van der Waals surface area contributed by atoms with E-state index in [-0.39, 0.29) is 0 Å². The highest BCUT2D eigenvalue weighted by Gasteiger charge is 2.50. The minimum absolute atomic E-state index is 0.371. The predicted octanol–water partition coefficient (Wildman–Crippen LogP) is 2.78. The van der Waals surface area contributed by atoms with Crippen molar-refractivity contribution < 1.29 is 14.4 Å². The van der Waals surface area contributed by atoms with E-state index in [2.05, 4.69) is 25.1 Å². The number of nitrogens with zero attached hydrogens (tertiary/aromatic N) is 2. The van der Waals surface area contributed by atoms with Gasteiger partial charge in [-0.15, -0.1) is 0 Å². The van der Waals surface area contributed by atoms with Gasteiger partial charge in [0, 0.05) is 19.2 Å². The maximum Gasteiger partial charge on any atom is 0.133 e. The molecular formula is C19H30N2O3. The van der Waals surface area contributed by atoms with Gasteiger partial charge in [0.15, 0.2) is 0 Å². The summed E-state index contributed by atoms with van der Waals surface area (Å²) in [6, 6.07) is 1.92. The molecule has 3 aliphatic carbocycles. The van der Waals surface area contributed by atoms with E-state index >= 15 is 0 Å². The highest BCUT2D eigenvalue weighted by atomic mass is 16.5. The number of likely N-dealkylation sites (N-methyl/N-ethyl adjacent to an activating group) is 1. The number of rotatable bonds is 8. The summed E-state index contributed by atoms with van der Waals surface area (Å²) in [5, 5.41) is 14.2. The zero-order valence-corrected chi connectivity index (χ0v) is 15.3. The van der Waals surface area contributed by atoms with Crippen molar-refractivity contribution in [1.29, 1.82) is 0 Å². The molecule has 2 bridgehead atoms. The van der Waals surface area contributed by atoms with Gasteiger partial charge in [-0.2, -0.15) is 0 Å². The van der Waals surface area contributed by atoms with Crippen LogP contribution in [0.2, 0.25) is 0 Å². The average Bonchev–Trinajstić information content (AvgIpc) is 2.92. The van der Waals surface area contributed by atoms with Crippen molar-refractivity contribution >= 4 is 0 Å². The fraction of sp³-hybridized carbons (Fsp3) is 0.737. The van der Waals surface area contributed by atoms with Crippen molar-refractivity contribution in [1.82, 2.24) is 10.1 Å². The number of hydrogen-bond donors (Lipinski definition) is 1. The van der Waals surface area contributed by atoms with Gasteiger partial charge in [-0.3, -0.25) is 4.90 Å². The van der Waals surface area contributed by atoms with Gasteiger partial charge in [-0.1, -0.05) is 25.1 Å². The van der Waals surface area contributed by atoms with Gasteiger partial charge in [0.25, 0.3) is 0 Å². The molecule has 0 aromatic carbocycles. The second-order valence-electron chi connectivity index (χ2n) is 8.12. The molecule has 0 spiro atoms. The van der Waals surface area contributed by atoms with Gasteiger partial charge in [-0.05, 0) is 49.6 Å². The summed E-state index contributed by atoms with van der Waals surface area (Å²) in [7, 11) is 1.97. The first-order chi connectivity index (χ1) is 11.4. The Morgan fingerprint density at radius 3 is 2.92 bits per heavy atom. The van der Waals surface area contributed by atoms with Gasteiger partial charge >= 0.3 is 0 Å². The molecule has 0 aliphatic heterocycles. The number of aliphatic hydroxyl groups excluding tert-OH is 1. The van der Waals surface area contributed by atoms with E-state index in [1.54, 1.807) is 0 Å². The van der Waals surface area contributed by atoms with Crippen molar-refractivity contribution in [3.05, 3.63) is 29.2 Å². The van der Waals surface area contributed by atoms with Gasteiger partial charge in [-0.25, -0.2) is 0 Å². The molecular weight excluding hydrogens is 304 g/mol. The number of aliphatic hydroxyl groups is 1. The topological polar surface area (TPSA) is 58.7 Å². The average molecular weight is 334 g/mol. The van der Waals surface area contributed by atoms with Crippen LogP contribution in [0.1, 0.15) is 38.1 Å². The molecule has 1 fully saturated rings. The first kappa shape index (κ1) is 17.6. The highest BCUT2D eigenvalue weighted by Crippen LogP contribution is 2.59. The lowest BCUT2D eigenvalue weighted by Gasteiger charge is -2.56. The summed E-state index contributed by atoms with van der Waals surface area (Å²) in [5.41, 5.74) is 2.75. The maximum atomic E-state index is 10.2. The zero-order valence-electron chi connectivity index (χ0n) is 15.3. The fourth-order valence-electron chi connectivity index (χ4n) is 4.20. The van der Waals surface area contributed by atoms with Crippen LogP contribution in [0.4, 0.5) is 0 Å². The Balaban J connectivity index is 1.37. The van der Waals surface area contributed by atoms with Crippen molar-refractivity contribution in [2.24, 2.45) is 17.3 Å². The van der Waals surface area contributed by atoms with Gasteiger partial charge < -0.3 is 14.4 Å². The molecule has 3 atom stereocenters. The number of aromatic nitrogens is 1.